The second kappa shape index (κ2) is 8.49. The molecule has 11 heteroatoms. The first-order chi connectivity index (χ1) is 15.7. The molecule has 6 N–H and O–H groups in total. The largest absolute Gasteiger partial charge is 0.369 e. The number of benzene rings is 1. The van der Waals surface area contributed by atoms with Crippen LogP contribution in [0.1, 0.15) is 62.7 Å². The third-order valence-corrected chi connectivity index (χ3v) is 9.82. The monoisotopic (exact) mass is 510 g/mol. The van der Waals surface area contributed by atoms with E-state index in [1.54, 1.807) is 13.8 Å². The summed E-state index contributed by atoms with van der Waals surface area (Å²) in [5, 5.41) is 2.99. The van der Waals surface area contributed by atoms with E-state index in [0.717, 1.165) is 19.3 Å². The number of sulfonamides is 1. The number of rotatable bonds is 8. The number of hydrogen-bond acceptors (Lipinski definition) is 5. The number of amides is 3. The predicted molar refractivity (Wildman–Crippen MR) is 126 cm³/mol. The maximum atomic E-state index is 13.0. The van der Waals surface area contributed by atoms with E-state index in [1.165, 1.54) is 18.2 Å². The summed E-state index contributed by atoms with van der Waals surface area (Å²) < 4.78 is 28.4. The van der Waals surface area contributed by atoms with Crippen molar-refractivity contribution in [2.75, 3.05) is 0 Å². The highest BCUT2D eigenvalue weighted by atomic mass is 35.5. The van der Waals surface area contributed by atoms with Gasteiger partial charge in [-0.1, -0.05) is 11.6 Å². The average Bonchev–Trinajstić information content (AvgIpc) is 2.68. The topological polar surface area (TPSA) is 161 Å². The van der Waals surface area contributed by atoms with E-state index in [9.17, 15) is 22.8 Å². The molecule has 9 nitrogen and oxygen atoms in total. The summed E-state index contributed by atoms with van der Waals surface area (Å²) >= 11 is 6.09. The number of carbonyl (C=O) groups excluding carboxylic acids is 3. The highest BCUT2D eigenvalue weighted by Gasteiger charge is 2.58. The Morgan fingerprint density at radius 1 is 1.12 bits per heavy atom. The number of halogens is 1. The SMILES string of the molecule is CC(C)(CC(=O)NC1C2CC3CC1CC(C(N)=O)(C3)C2)NS(=O)(=O)c1ccc(C(N)=O)cc1Cl. The molecule has 0 saturated heterocycles. The molecule has 0 spiro atoms. The molecular formula is C23H31ClN4O5S. The molecule has 34 heavy (non-hydrogen) atoms. The fraction of sp³-hybridized carbons (Fsp3) is 0.609. The summed E-state index contributed by atoms with van der Waals surface area (Å²) in [4.78, 5) is 36.2. The van der Waals surface area contributed by atoms with Gasteiger partial charge < -0.3 is 16.8 Å². The Hall–Kier alpha value is -2.17. The molecule has 4 bridgehead atoms. The van der Waals surface area contributed by atoms with Gasteiger partial charge in [0, 0.05) is 29.0 Å². The maximum Gasteiger partial charge on any atom is 0.248 e. The molecule has 5 rings (SSSR count). The van der Waals surface area contributed by atoms with Crippen LogP contribution in [0.2, 0.25) is 5.02 Å². The van der Waals surface area contributed by atoms with Gasteiger partial charge in [0.05, 0.1) is 5.02 Å². The zero-order valence-corrected chi connectivity index (χ0v) is 20.8. The minimum Gasteiger partial charge on any atom is -0.369 e. The highest BCUT2D eigenvalue weighted by Crippen LogP contribution is 2.59. The first kappa shape index (κ1) is 24.9. The molecule has 1 aromatic carbocycles. The van der Waals surface area contributed by atoms with Crippen LogP contribution in [-0.4, -0.2) is 37.7 Å². The number of hydrogen-bond donors (Lipinski definition) is 4. The Morgan fingerprint density at radius 2 is 1.74 bits per heavy atom. The van der Waals surface area contributed by atoms with E-state index in [4.69, 9.17) is 23.1 Å². The predicted octanol–water partition coefficient (Wildman–Crippen LogP) is 1.68. The van der Waals surface area contributed by atoms with Crippen molar-refractivity contribution in [3.05, 3.63) is 28.8 Å². The Kier molecular flexibility index (Phi) is 6.23. The third kappa shape index (κ3) is 4.67. The van der Waals surface area contributed by atoms with Crippen molar-refractivity contribution < 1.29 is 22.8 Å². The molecule has 0 radical (unpaired) electrons. The summed E-state index contributed by atoms with van der Waals surface area (Å²) in [6, 6.07) is 3.67. The second-order valence-electron chi connectivity index (χ2n) is 10.9. The molecule has 0 aliphatic heterocycles. The smallest absolute Gasteiger partial charge is 0.248 e. The lowest BCUT2D eigenvalue weighted by Crippen LogP contribution is -2.62. The molecule has 4 fully saturated rings. The Morgan fingerprint density at radius 3 is 2.26 bits per heavy atom. The van der Waals surface area contributed by atoms with Crippen molar-refractivity contribution in [2.45, 2.75) is 68.8 Å². The van der Waals surface area contributed by atoms with Crippen molar-refractivity contribution in [1.82, 2.24) is 10.0 Å². The average molecular weight is 511 g/mol. The zero-order chi connectivity index (χ0) is 25.1. The number of primary amides is 2. The molecule has 186 valence electrons. The van der Waals surface area contributed by atoms with Crippen LogP contribution in [0.25, 0.3) is 0 Å². The molecule has 4 aliphatic carbocycles. The van der Waals surface area contributed by atoms with Crippen LogP contribution in [-0.2, 0) is 19.6 Å². The molecule has 0 heterocycles. The number of carbonyl (C=O) groups is 3. The Bertz CT molecular complexity index is 1140. The second-order valence-corrected chi connectivity index (χ2v) is 12.9. The molecule has 4 aliphatic rings. The Balaban J connectivity index is 1.41. The zero-order valence-electron chi connectivity index (χ0n) is 19.3. The molecular weight excluding hydrogens is 480 g/mol. The normalized spacial score (nSPS) is 30.2. The molecule has 2 unspecified atom stereocenters. The van der Waals surface area contributed by atoms with Crippen LogP contribution in [0.3, 0.4) is 0 Å². The van der Waals surface area contributed by atoms with Crippen LogP contribution in [0.15, 0.2) is 23.1 Å². The third-order valence-electron chi connectivity index (χ3n) is 7.64. The summed E-state index contributed by atoms with van der Waals surface area (Å²) in [7, 11) is -4.07. The Labute approximate surface area is 204 Å². The standard InChI is InChI=1S/C23H31ClN4O5S/c1-22(2,28-34(32,33)17-4-3-13(20(25)30)7-16(17)24)11-18(29)27-19-14-5-12-6-15(19)10-23(8-12,9-14)21(26)31/h3-4,7,12,14-15,19,28H,5-6,8-11H2,1-2H3,(H2,25,30)(H2,26,31)(H,27,29). The van der Waals surface area contributed by atoms with Gasteiger partial charge in [-0.25, -0.2) is 13.1 Å². The van der Waals surface area contributed by atoms with Crippen molar-refractivity contribution in [2.24, 2.45) is 34.6 Å². The van der Waals surface area contributed by atoms with Crippen molar-refractivity contribution >= 4 is 39.3 Å². The molecule has 2 atom stereocenters. The van der Waals surface area contributed by atoms with Gasteiger partial charge in [-0.05, 0) is 81.9 Å². The van der Waals surface area contributed by atoms with E-state index < -0.39 is 26.9 Å². The summed E-state index contributed by atoms with van der Waals surface area (Å²) in [5.41, 5.74) is 9.51. The van der Waals surface area contributed by atoms with Gasteiger partial charge >= 0.3 is 0 Å². The lowest BCUT2D eigenvalue weighted by atomic mass is 9.47. The highest BCUT2D eigenvalue weighted by molar-refractivity contribution is 7.89. The lowest BCUT2D eigenvalue weighted by Gasteiger charge is -2.58. The van der Waals surface area contributed by atoms with Gasteiger partial charge in [-0.15, -0.1) is 0 Å². The van der Waals surface area contributed by atoms with E-state index >= 15 is 0 Å². The fourth-order valence-electron chi connectivity index (χ4n) is 6.53. The van der Waals surface area contributed by atoms with Gasteiger partial charge in [0.2, 0.25) is 27.7 Å². The van der Waals surface area contributed by atoms with Gasteiger partial charge in [-0.3, -0.25) is 14.4 Å². The molecule has 4 saturated carbocycles. The van der Waals surface area contributed by atoms with Crippen LogP contribution < -0.4 is 21.5 Å². The molecule has 1 aromatic rings. The van der Waals surface area contributed by atoms with Crippen LogP contribution in [0.5, 0.6) is 0 Å². The first-order valence-corrected chi connectivity index (χ1v) is 13.3. The van der Waals surface area contributed by atoms with Gasteiger partial charge in [0.15, 0.2) is 0 Å². The van der Waals surface area contributed by atoms with Crippen LogP contribution in [0, 0.1) is 23.2 Å². The van der Waals surface area contributed by atoms with Crippen molar-refractivity contribution in [3.63, 3.8) is 0 Å². The van der Waals surface area contributed by atoms with E-state index in [2.05, 4.69) is 10.0 Å². The van der Waals surface area contributed by atoms with Gasteiger partial charge in [-0.2, -0.15) is 0 Å². The first-order valence-electron chi connectivity index (χ1n) is 11.4. The van der Waals surface area contributed by atoms with Gasteiger partial charge in [0.1, 0.15) is 4.90 Å². The van der Waals surface area contributed by atoms with Crippen LogP contribution >= 0.6 is 11.6 Å². The number of nitrogens with two attached hydrogens (primary N) is 2. The van der Waals surface area contributed by atoms with E-state index in [-0.39, 0.29) is 51.6 Å². The maximum absolute atomic E-state index is 13.0. The fourth-order valence-corrected chi connectivity index (χ4v) is 8.48. The summed E-state index contributed by atoms with van der Waals surface area (Å²) in [6.45, 7) is 3.24. The van der Waals surface area contributed by atoms with E-state index in [0.29, 0.717) is 18.8 Å². The molecule has 3 amide bonds. The van der Waals surface area contributed by atoms with E-state index in [1.807, 2.05) is 0 Å². The minimum absolute atomic E-state index is 0.0280. The molecule has 0 aromatic heterocycles. The quantitative estimate of drug-likeness (QED) is 0.417. The number of nitrogens with one attached hydrogen (secondary N) is 2. The summed E-state index contributed by atoms with van der Waals surface area (Å²) in [6.07, 6.45) is 4.14. The van der Waals surface area contributed by atoms with Gasteiger partial charge in [0.25, 0.3) is 0 Å². The van der Waals surface area contributed by atoms with Crippen molar-refractivity contribution in [1.29, 1.82) is 0 Å². The van der Waals surface area contributed by atoms with Crippen LogP contribution in [0.4, 0.5) is 0 Å². The lowest BCUT2D eigenvalue weighted by molar-refractivity contribution is -0.147. The summed E-state index contributed by atoms with van der Waals surface area (Å²) in [5.74, 6) is -0.298. The minimum atomic E-state index is -4.07. The van der Waals surface area contributed by atoms with Crippen molar-refractivity contribution in [3.8, 4) is 0 Å².